The molecule has 1 rings (SSSR count). The van der Waals surface area contributed by atoms with E-state index >= 15 is 0 Å². The molecule has 0 aliphatic carbocycles. The Balaban J connectivity index is 2.66. The number of aryl methyl sites for hydroxylation is 1. The molecule has 0 aliphatic rings. The van der Waals surface area contributed by atoms with Gasteiger partial charge in [-0.1, -0.05) is 20.3 Å². The van der Waals surface area contributed by atoms with Crippen molar-refractivity contribution in [3.8, 4) is 0 Å². The maximum Gasteiger partial charge on any atom is 0.326 e. The molecule has 0 aromatic carbocycles. The zero-order valence-corrected chi connectivity index (χ0v) is 10.0. The molecule has 2 N–H and O–H groups in total. The van der Waals surface area contributed by atoms with Gasteiger partial charge >= 0.3 is 5.97 Å². The number of aliphatic carboxylic acids is 1. The summed E-state index contributed by atoms with van der Waals surface area (Å²) in [7, 11) is 0. The van der Waals surface area contributed by atoms with Crippen LogP contribution in [0.25, 0.3) is 0 Å². The van der Waals surface area contributed by atoms with Crippen LogP contribution in [0.1, 0.15) is 43.0 Å². The van der Waals surface area contributed by atoms with Crippen molar-refractivity contribution < 1.29 is 19.1 Å². The van der Waals surface area contributed by atoms with Gasteiger partial charge in [-0.15, -0.1) is 0 Å². The van der Waals surface area contributed by atoms with E-state index in [1.54, 1.807) is 12.1 Å². The topological polar surface area (TPSA) is 79.5 Å². The molecule has 0 aliphatic heterocycles. The van der Waals surface area contributed by atoms with Crippen molar-refractivity contribution in [2.24, 2.45) is 0 Å². The number of hydrogen-bond donors (Lipinski definition) is 2. The van der Waals surface area contributed by atoms with E-state index in [4.69, 9.17) is 9.52 Å². The molecule has 5 nitrogen and oxygen atoms in total. The van der Waals surface area contributed by atoms with E-state index in [-0.39, 0.29) is 5.76 Å². The molecule has 1 aromatic rings. The molecule has 0 saturated carbocycles. The molecular weight excluding hydrogens is 222 g/mol. The number of carboxylic acid groups (broad SMARTS) is 1. The van der Waals surface area contributed by atoms with Crippen LogP contribution in [0.2, 0.25) is 0 Å². The molecule has 0 radical (unpaired) electrons. The average Bonchev–Trinajstić information content (AvgIpc) is 2.76. The maximum atomic E-state index is 11.7. The molecule has 0 spiro atoms. The lowest BCUT2D eigenvalue weighted by atomic mass is 10.1. The summed E-state index contributed by atoms with van der Waals surface area (Å²) in [6, 6.07) is 2.41. The van der Waals surface area contributed by atoms with Gasteiger partial charge in [-0.05, 0) is 18.6 Å². The number of amides is 1. The molecule has 0 bridgehead atoms. The minimum absolute atomic E-state index is 0.157. The van der Waals surface area contributed by atoms with Gasteiger partial charge in [0.15, 0.2) is 5.76 Å². The van der Waals surface area contributed by atoms with Crippen LogP contribution in [0.4, 0.5) is 0 Å². The molecule has 1 amide bonds. The third-order valence-electron chi connectivity index (χ3n) is 2.41. The van der Waals surface area contributed by atoms with E-state index in [1.807, 2.05) is 13.8 Å². The number of rotatable bonds is 6. The van der Waals surface area contributed by atoms with Gasteiger partial charge in [0.1, 0.15) is 11.8 Å². The van der Waals surface area contributed by atoms with Gasteiger partial charge in [0.2, 0.25) is 0 Å². The van der Waals surface area contributed by atoms with Crippen molar-refractivity contribution in [3.05, 3.63) is 23.7 Å². The second-order valence-electron chi connectivity index (χ2n) is 3.77. The minimum atomic E-state index is -1.03. The summed E-state index contributed by atoms with van der Waals surface area (Å²) in [6.45, 7) is 3.78. The van der Waals surface area contributed by atoms with Crippen molar-refractivity contribution in [1.29, 1.82) is 0 Å². The minimum Gasteiger partial charge on any atom is -0.480 e. The van der Waals surface area contributed by atoms with Crippen molar-refractivity contribution in [2.45, 2.75) is 39.2 Å². The molecule has 5 heteroatoms. The van der Waals surface area contributed by atoms with Crippen molar-refractivity contribution in [3.63, 3.8) is 0 Å². The first-order valence-corrected chi connectivity index (χ1v) is 5.70. The highest BCUT2D eigenvalue weighted by molar-refractivity contribution is 5.94. The molecule has 94 valence electrons. The van der Waals surface area contributed by atoms with Crippen molar-refractivity contribution >= 4 is 11.9 Å². The van der Waals surface area contributed by atoms with E-state index in [0.29, 0.717) is 25.0 Å². The Hall–Kier alpha value is -1.78. The van der Waals surface area contributed by atoms with Crippen molar-refractivity contribution in [1.82, 2.24) is 5.32 Å². The largest absolute Gasteiger partial charge is 0.480 e. The van der Waals surface area contributed by atoms with Gasteiger partial charge in [-0.25, -0.2) is 4.79 Å². The Labute approximate surface area is 99.8 Å². The molecule has 17 heavy (non-hydrogen) atoms. The lowest BCUT2D eigenvalue weighted by Gasteiger charge is -2.12. The Morgan fingerprint density at radius 2 is 2.12 bits per heavy atom. The van der Waals surface area contributed by atoms with E-state index in [9.17, 15) is 9.59 Å². The monoisotopic (exact) mass is 239 g/mol. The van der Waals surface area contributed by atoms with Crippen LogP contribution in [0, 0.1) is 0 Å². The van der Waals surface area contributed by atoms with Crippen LogP contribution in [0.15, 0.2) is 16.5 Å². The molecule has 1 unspecified atom stereocenters. The Bertz CT molecular complexity index is 397. The molecule has 1 aromatic heterocycles. The van der Waals surface area contributed by atoms with Gasteiger partial charge in [0, 0.05) is 6.42 Å². The fraction of sp³-hybridized carbons (Fsp3) is 0.500. The van der Waals surface area contributed by atoms with Gasteiger partial charge in [0.25, 0.3) is 5.91 Å². The summed E-state index contributed by atoms with van der Waals surface area (Å²) in [5.41, 5.74) is 0. The molecule has 1 heterocycles. The van der Waals surface area contributed by atoms with E-state index in [0.717, 1.165) is 0 Å². The first kappa shape index (κ1) is 13.3. The molecule has 0 fully saturated rings. The fourth-order valence-corrected chi connectivity index (χ4v) is 1.47. The highest BCUT2D eigenvalue weighted by Crippen LogP contribution is 2.09. The predicted octanol–water partition coefficient (Wildman–Crippen LogP) is 1.83. The van der Waals surface area contributed by atoms with Crippen LogP contribution < -0.4 is 5.32 Å². The summed E-state index contributed by atoms with van der Waals surface area (Å²) in [5.74, 6) is -0.644. The van der Waals surface area contributed by atoms with Crippen LogP contribution in [-0.2, 0) is 11.2 Å². The fourth-order valence-electron chi connectivity index (χ4n) is 1.47. The van der Waals surface area contributed by atoms with Crippen LogP contribution in [-0.4, -0.2) is 23.0 Å². The molecular formula is C12H17NO4. The van der Waals surface area contributed by atoms with E-state index < -0.39 is 17.9 Å². The highest BCUT2D eigenvalue weighted by Gasteiger charge is 2.21. The van der Waals surface area contributed by atoms with Gasteiger partial charge in [-0.3, -0.25) is 4.79 Å². The first-order valence-electron chi connectivity index (χ1n) is 5.70. The summed E-state index contributed by atoms with van der Waals surface area (Å²) >= 11 is 0. The zero-order chi connectivity index (χ0) is 12.8. The van der Waals surface area contributed by atoms with Gasteiger partial charge in [0.05, 0.1) is 0 Å². The number of carbonyl (C=O) groups excluding carboxylic acids is 1. The quantitative estimate of drug-likeness (QED) is 0.793. The normalized spacial score (nSPS) is 12.1. The number of furan rings is 1. The summed E-state index contributed by atoms with van der Waals surface area (Å²) in [4.78, 5) is 22.6. The SMILES string of the molecule is CCCC(NC(=O)c1ccc(CC)o1)C(=O)O. The third-order valence-corrected chi connectivity index (χ3v) is 2.41. The first-order chi connectivity index (χ1) is 8.08. The Morgan fingerprint density at radius 3 is 2.59 bits per heavy atom. The molecule has 0 saturated heterocycles. The van der Waals surface area contributed by atoms with Crippen LogP contribution >= 0.6 is 0 Å². The summed E-state index contributed by atoms with van der Waals surface area (Å²) in [6.07, 6.45) is 1.79. The Morgan fingerprint density at radius 1 is 1.41 bits per heavy atom. The smallest absolute Gasteiger partial charge is 0.326 e. The Kier molecular flexibility index (Phi) is 4.75. The van der Waals surface area contributed by atoms with Crippen LogP contribution in [0.3, 0.4) is 0 Å². The number of nitrogens with one attached hydrogen (secondary N) is 1. The predicted molar refractivity (Wildman–Crippen MR) is 61.9 cm³/mol. The summed E-state index contributed by atoms with van der Waals surface area (Å²) < 4.78 is 5.25. The van der Waals surface area contributed by atoms with Crippen molar-refractivity contribution in [2.75, 3.05) is 0 Å². The maximum absolute atomic E-state index is 11.7. The zero-order valence-electron chi connectivity index (χ0n) is 10.0. The highest BCUT2D eigenvalue weighted by atomic mass is 16.4. The number of carboxylic acids is 1. The third kappa shape index (κ3) is 3.62. The van der Waals surface area contributed by atoms with Gasteiger partial charge < -0.3 is 14.8 Å². The number of hydrogen-bond acceptors (Lipinski definition) is 3. The lowest BCUT2D eigenvalue weighted by molar-refractivity contribution is -0.139. The lowest BCUT2D eigenvalue weighted by Crippen LogP contribution is -2.40. The average molecular weight is 239 g/mol. The second kappa shape index (κ2) is 6.08. The van der Waals surface area contributed by atoms with E-state index in [1.165, 1.54) is 0 Å². The molecule has 1 atom stereocenters. The van der Waals surface area contributed by atoms with Crippen LogP contribution in [0.5, 0.6) is 0 Å². The number of carbonyl (C=O) groups is 2. The second-order valence-corrected chi connectivity index (χ2v) is 3.77. The van der Waals surface area contributed by atoms with E-state index in [2.05, 4.69) is 5.32 Å². The summed E-state index contributed by atoms with van der Waals surface area (Å²) in [5, 5.41) is 11.3. The standard InChI is InChI=1S/C12H17NO4/c1-3-5-9(12(15)16)13-11(14)10-7-6-8(4-2)17-10/h6-7,9H,3-5H2,1-2H3,(H,13,14)(H,15,16). The van der Waals surface area contributed by atoms with Gasteiger partial charge in [-0.2, -0.15) is 0 Å².